The molecule has 150 valence electrons. The van der Waals surface area contributed by atoms with Crippen LogP contribution in [0, 0.1) is 11.7 Å². The lowest BCUT2D eigenvalue weighted by molar-refractivity contribution is -0.120. The number of nitrogens with one attached hydrogen (secondary N) is 1. The number of benzene rings is 2. The van der Waals surface area contributed by atoms with Gasteiger partial charge in [-0.1, -0.05) is 24.3 Å². The summed E-state index contributed by atoms with van der Waals surface area (Å²) in [4.78, 5) is 12.7. The van der Waals surface area contributed by atoms with Gasteiger partial charge in [0.2, 0.25) is 15.9 Å². The maximum absolute atomic E-state index is 13.0. The van der Waals surface area contributed by atoms with E-state index in [4.69, 9.17) is 4.74 Å². The molecule has 1 aliphatic rings. The van der Waals surface area contributed by atoms with Gasteiger partial charge in [0.1, 0.15) is 11.6 Å². The third kappa shape index (κ3) is 4.88. The Morgan fingerprint density at radius 1 is 1.21 bits per heavy atom. The van der Waals surface area contributed by atoms with E-state index in [1.807, 2.05) is 0 Å². The highest BCUT2D eigenvalue weighted by atomic mass is 32.2. The second-order valence-electron chi connectivity index (χ2n) is 6.77. The summed E-state index contributed by atoms with van der Waals surface area (Å²) >= 11 is 0. The molecule has 8 heteroatoms. The number of methoxy groups -OCH3 is 1. The molecule has 0 bridgehead atoms. The number of amides is 1. The number of sulfonamides is 1. The zero-order chi connectivity index (χ0) is 20.1. The summed E-state index contributed by atoms with van der Waals surface area (Å²) in [6, 6.07) is 12.5. The largest absolute Gasteiger partial charge is 0.495 e. The highest BCUT2D eigenvalue weighted by Gasteiger charge is 2.32. The van der Waals surface area contributed by atoms with Gasteiger partial charge >= 0.3 is 0 Å². The van der Waals surface area contributed by atoms with Gasteiger partial charge in [0, 0.05) is 13.1 Å². The average molecular weight is 406 g/mol. The normalized spacial score (nSPS) is 17.9. The Kier molecular flexibility index (Phi) is 6.31. The SMILES string of the molecule is COc1ccccc1NC(=O)[C@@H]1CCCN(S(=O)(=O)Cc2ccc(F)cc2)C1. The van der Waals surface area contributed by atoms with E-state index in [-0.39, 0.29) is 18.2 Å². The van der Waals surface area contributed by atoms with Gasteiger partial charge in [0.05, 0.1) is 24.5 Å². The fraction of sp³-hybridized carbons (Fsp3) is 0.350. The maximum atomic E-state index is 13.0. The molecule has 0 spiro atoms. The molecule has 1 atom stereocenters. The number of carbonyl (C=O) groups excluding carboxylic acids is 1. The van der Waals surface area contributed by atoms with Crippen molar-refractivity contribution in [3.8, 4) is 5.75 Å². The van der Waals surface area contributed by atoms with Crippen LogP contribution in [0.2, 0.25) is 0 Å². The molecule has 2 aromatic carbocycles. The Hall–Kier alpha value is -2.45. The standard InChI is InChI=1S/C20H23FN2O4S/c1-27-19-7-3-2-6-18(19)22-20(24)16-5-4-12-23(13-16)28(25,26)14-15-8-10-17(21)11-9-15/h2-3,6-11,16H,4-5,12-14H2,1H3,(H,22,24)/t16-/m1/s1. The quantitative estimate of drug-likeness (QED) is 0.800. The van der Waals surface area contributed by atoms with Crippen molar-refractivity contribution < 1.29 is 22.3 Å². The van der Waals surface area contributed by atoms with Crippen molar-refractivity contribution in [2.24, 2.45) is 5.92 Å². The summed E-state index contributed by atoms with van der Waals surface area (Å²) in [5.41, 5.74) is 1.07. The van der Waals surface area contributed by atoms with Crippen molar-refractivity contribution >= 4 is 21.6 Å². The van der Waals surface area contributed by atoms with Crippen LogP contribution in [-0.2, 0) is 20.6 Å². The molecule has 1 fully saturated rings. The number of carbonyl (C=O) groups is 1. The highest BCUT2D eigenvalue weighted by Crippen LogP contribution is 2.26. The monoisotopic (exact) mass is 406 g/mol. The molecule has 1 N–H and O–H groups in total. The van der Waals surface area contributed by atoms with E-state index in [9.17, 15) is 17.6 Å². The van der Waals surface area contributed by atoms with Crippen molar-refractivity contribution in [2.75, 3.05) is 25.5 Å². The summed E-state index contributed by atoms with van der Waals surface area (Å²) in [5, 5.41) is 2.83. The van der Waals surface area contributed by atoms with Crippen LogP contribution in [0.15, 0.2) is 48.5 Å². The molecule has 0 radical (unpaired) electrons. The van der Waals surface area contributed by atoms with Crippen LogP contribution in [0.25, 0.3) is 0 Å². The molecule has 28 heavy (non-hydrogen) atoms. The number of ether oxygens (including phenoxy) is 1. The molecular weight excluding hydrogens is 383 g/mol. The van der Waals surface area contributed by atoms with E-state index in [0.717, 1.165) is 0 Å². The van der Waals surface area contributed by atoms with Crippen LogP contribution in [0.3, 0.4) is 0 Å². The van der Waals surface area contributed by atoms with Gasteiger partial charge in [0.25, 0.3) is 0 Å². The van der Waals surface area contributed by atoms with Crippen LogP contribution < -0.4 is 10.1 Å². The molecule has 0 aliphatic carbocycles. The molecule has 3 rings (SSSR count). The number of rotatable bonds is 6. The Morgan fingerprint density at radius 3 is 2.64 bits per heavy atom. The number of anilines is 1. The van der Waals surface area contributed by atoms with E-state index < -0.39 is 21.8 Å². The van der Waals surface area contributed by atoms with Crippen LogP contribution in [0.4, 0.5) is 10.1 Å². The summed E-state index contributed by atoms with van der Waals surface area (Å²) in [5.74, 6) is -0.749. The molecule has 1 amide bonds. The zero-order valence-corrected chi connectivity index (χ0v) is 16.4. The Labute approximate surface area is 164 Å². The van der Waals surface area contributed by atoms with E-state index in [1.54, 1.807) is 24.3 Å². The fourth-order valence-corrected chi connectivity index (χ4v) is 4.88. The Morgan fingerprint density at radius 2 is 1.93 bits per heavy atom. The smallest absolute Gasteiger partial charge is 0.228 e. The second kappa shape index (κ2) is 8.70. The lowest BCUT2D eigenvalue weighted by Crippen LogP contribution is -2.44. The fourth-order valence-electron chi connectivity index (χ4n) is 3.27. The first kappa shape index (κ1) is 20.3. The second-order valence-corrected chi connectivity index (χ2v) is 8.74. The summed E-state index contributed by atoms with van der Waals surface area (Å²) in [7, 11) is -2.07. The maximum Gasteiger partial charge on any atom is 0.228 e. The van der Waals surface area contributed by atoms with E-state index in [0.29, 0.717) is 36.4 Å². The predicted octanol–water partition coefficient (Wildman–Crippen LogP) is 3.01. The molecule has 1 aliphatic heterocycles. The van der Waals surface area contributed by atoms with Gasteiger partial charge in [0.15, 0.2) is 0 Å². The first-order valence-electron chi connectivity index (χ1n) is 9.05. The van der Waals surface area contributed by atoms with Crippen LogP contribution >= 0.6 is 0 Å². The first-order valence-corrected chi connectivity index (χ1v) is 10.7. The van der Waals surface area contributed by atoms with E-state index >= 15 is 0 Å². The third-order valence-corrected chi connectivity index (χ3v) is 6.59. The van der Waals surface area contributed by atoms with Gasteiger partial charge in [-0.05, 0) is 42.7 Å². The summed E-state index contributed by atoms with van der Waals surface area (Å²) in [6.45, 7) is 0.506. The number of para-hydroxylation sites is 2. The van der Waals surface area contributed by atoms with Gasteiger partial charge < -0.3 is 10.1 Å². The van der Waals surface area contributed by atoms with Crippen molar-refractivity contribution in [2.45, 2.75) is 18.6 Å². The number of hydrogen-bond donors (Lipinski definition) is 1. The Bertz CT molecular complexity index is 931. The highest BCUT2D eigenvalue weighted by molar-refractivity contribution is 7.88. The Balaban J connectivity index is 1.67. The molecule has 6 nitrogen and oxygen atoms in total. The zero-order valence-electron chi connectivity index (χ0n) is 15.6. The lowest BCUT2D eigenvalue weighted by atomic mass is 9.98. The lowest BCUT2D eigenvalue weighted by Gasteiger charge is -2.31. The number of halogens is 1. The molecule has 2 aromatic rings. The van der Waals surface area contributed by atoms with Gasteiger partial charge in [-0.3, -0.25) is 4.79 Å². The summed E-state index contributed by atoms with van der Waals surface area (Å²) in [6.07, 6.45) is 1.22. The minimum absolute atomic E-state index is 0.129. The number of hydrogen-bond acceptors (Lipinski definition) is 4. The molecule has 0 saturated carbocycles. The van der Waals surface area contributed by atoms with E-state index in [2.05, 4.69) is 5.32 Å². The first-order chi connectivity index (χ1) is 13.4. The van der Waals surface area contributed by atoms with Crippen LogP contribution in [0.1, 0.15) is 18.4 Å². The molecule has 0 unspecified atom stereocenters. The minimum Gasteiger partial charge on any atom is -0.495 e. The van der Waals surface area contributed by atoms with Crippen molar-refractivity contribution in [1.82, 2.24) is 4.31 Å². The van der Waals surface area contributed by atoms with Gasteiger partial charge in [-0.2, -0.15) is 0 Å². The van der Waals surface area contributed by atoms with Crippen LogP contribution in [-0.4, -0.2) is 38.8 Å². The van der Waals surface area contributed by atoms with Gasteiger partial charge in [-0.15, -0.1) is 0 Å². The molecule has 1 saturated heterocycles. The van der Waals surface area contributed by atoms with E-state index in [1.165, 1.54) is 35.7 Å². The molecular formula is C20H23FN2O4S. The molecule has 1 heterocycles. The third-order valence-electron chi connectivity index (χ3n) is 4.78. The topological polar surface area (TPSA) is 75.7 Å². The number of piperidine rings is 1. The predicted molar refractivity (Wildman–Crippen MR) is 105 cm³/mol. The minimum atomic E-state index is -3.60. The number of nitrogens with zero attached hydrogens (tertiary/aromatic N) is 1. The van der Waals surface area contributed by atoms with Crippen LogP contribution in [0.5, 0.6) is 5.75 Å². The molecule has 0 aromatic heterocycles. The van der Waals surface area contributed by atoms with Crippen molar-refractivity contribution in [1.29, 1.82) is 0 Å². The summed E-state index contributed by atoms with van der Waals surface area (Å²) < 4.78 is 45.1. The van der Waals surface area contributed by atoms with Crippen molar-refractivity contribution in [3.05, 3.63) is 59.9 Å². The average Bonchev–Trinajstić information content (AvgIpc) is 2.70. The van der Waals surface area contributed by atoms with Crippen molar-refractivity contribution in [3.63, 3.8) is 0 Å². The van der Waals surface area contributed by atoms with Gasteiger partial charge in [-0.25, -0.2) is 17.1 Å².